The molecule has 0 bridgehead atoms. The molecule has 5 heteroatoms. The number of halogens is 1. The fourth-order valence-electron chi connectivity index (χ4n) is 3.47. The van der Waals surface area contributed by atoms with Crippen LogP contribution in [0.2, 0.25) is 0 Å². The maximum absolute atomic E-state index is 9.27. The summed E-state index contributed by atoms with van der Waals surface area (Å²) in [6.45, 7) is 0.797. The lowest BCUT2D eigenvalue weighted by atomic mass is 10.1. The molecule has 2 aliphatic rings. The van der Waals surface area contributed by atoms with Crippen molar-refractivity contribution < 1.29 is 4.74 Å². The summed E-state index contributed by atoms with van der Waals surface area (Å²) in [5, 5.41) is 9.27. The van der Waals surface area contributed by atoms with Crippen molar-refractivity contribution in [3.8, 4) is 6.07 Å². The monoisotopic (exact) mass is 301 g/mol. The molecule has 2 aromatic rings. The molecule has 1 aliphatic heterocycles. The van der Waals surface area contributed by atoms with Crippen LogP contribution in [0.1, 0.15) is 36.7 Å². The van der Waals surface area contributed by atoms with E-state index in [1.165, 1.54) is 12.8 Å². The van der Waals surface area contributed by atoms with Gasteiger partial charge in [-0.3, -0.25) is 0 Å². The lowest BCUT2D eigenvalue weighted by molar-refractivity contribution is 0.0754. The van der Waals surface area contributed by atoms with Crippen molar-refractivity contribution in [1.82, 2.24) is 9.55 Å². The van der Waals surface area contributed by atoms with Crippen LogP contribution in [0.4, 0.5) is 0 Å². The average molecular weight is 302 g/mol. The summed E-state index contributed by atoms with van der Waals surface area (Å²) < 4.78 is 8.18. The Morgan fingerprint density at radius 2 is 2.24 bits per heavy atom. The molecular weight excluding hydrogens is 286 g/mol. The third kappa shape index (κ3) is 2.04. The molecule has 2 fully saturated rings. The van der Waals surface area contributed by atoms with Gasteiger partial charge >= 0.3 is 0 Å². The van der Waals surface area contributed by atoms with Gasteiger partial charge in [0.05, 0.1) is 29.1 Å². The molecule has 1 aliphatic carbocycles. The highest BCUT2D eigenvalue weighted by Crippen LogP contribution is 2.44. The highest BCUT2D eigenvalue weighted by atomic mass is 35.5. The molecule has 2 heterocycles. The highest BCUT2D eigenvalue weighted by molar-refractivity contribution is 6.16. The number of hydrogen-bond acceptors (Lipinski definition) is 3. The molecule has 0 spiro atoms. The molecule has 108 valence electrons. The Balaban J connectivity index is 1.89. The quantitative estimate of drug-likeness (QED) is 0.817. The Labute approximate surface area is 128 Å². The summed E-state index contributed by atoms with van der Waals surface area (Å²) in [6.07, 6.45) is 3.78. The average Bonchev–Trinajstić information content (AvgIpc) is 3.12. The Hall–Kier alpha value is -1.57. The van der Waals surface area contributed by atoms with Crippen LogP contribution >= 0.6 is 11.6 Å². The van der Waals surface area contributed by atoms with Crippen molar-refractivity contribution >= 4 is 22.6 Å². The van der Waals surface area contributed by atoms with Crippen molar-refractivity contribution in [3.63, 3.8) is 0 Å². The Kier molecular flexibility index (Phi) is 3.13. The van der Waals surface area contributed by atoms with Gasteiger partial charge in [0, 0.05) is 6.61 Å². The molecule has 0 amide bonds. The van der Waals surface area contributed by atoms with E-state index in [0.29, 0.717) is 23.4 Å². The van der Waals surface area contributed by atoms with E-state index in [-0.39, 0.29) is 6.10 Å². The van der Waals surface area contributed by atoms with Gasteiger partial charge in [-0.1, -0.05) is 6.07 Å². The van der Waals surface area contributed by atoms with Crippen LogP contribution in [-0.4, -0.2) is 22.3 Å². The van der Waals surface area contributed by atoms with Gasteiger partial charge in [0.15, 0.2) is 0 Å². The van der Waals surface area contributed by atoms with E-state index < -0.39 is 0 Å². The first kappa shape index (κ1) is 13.1. The predicted octanol–water partition coefficient (Wildman–Crippen LogP) is 3.39. The van der Waals surface area contributed by atoms with Gasteiger partial charge in [0.25, 0.3) is 0 Å². The SMILES string of the molecule is N#Cc1cccc2c1nc(CCl)n2C1CCOC1C1CC1. The van der Waals surface area contributed by atoms with Crippen molar-refractivity contribution in [2.75, 3.05) is 6.61 Å². The van der Waals surface area contributed by atoms with Gasteiger partial charge in [-0.2, -0.15) is 5.26 Å². The molecule has 0 radical (unpaired) electrons. The summed E-state index contributed by atoms with van der Waals surface area (Å²) in [5.74, 6) is 1.88. The van der Waals surface area contributed by atoms with Gasteiger partial charge in [0.1, 0.15) is 17.4 Å². The highest BCUT2D eigenvalue weighted by Gasteiger charge is 2.42. The maximum Gasteiger partial charge on any atom is 0.125 e. The fourth-order valence-corrected chi connectivity index (χ4v) is 3.66. The molecule has 2 unspecified atom stereocenters. The van der Waals surface area contributed by atoms with Gasteiger partial charge < -0.3 is 9.30 Å². The number of hydrogen-bond donors (Lipinski definition) is 0. The second-order valence-corrected chi connectivity index (χ2v) is 6.11. The standard InChI is InChI=1S/C16H16ClN3O/c17-8-14-19-15-11(9-18)2-1-3-12(15)20(14)13-6-7-21-16(13)10-4-5-10/h1-3,10,13,16H,4-8H2. The number of rotatable bonds is 3. The molecule has 1 saturated carbocycles. The van der Waals surface area contributed by atoms with Crippen LogP contribution < -0.4 is 0 Å². The third-order valence-corrected chi connectivity index (χ3v) is 4.79. The smallest absolute Gasteiger partial charge is 0.125 e. The summed E-state index contributed by atoms with van der Waals surface area (Å²) in [6, 6.07) is 8.27. The van der Waals surface area contributed by atoms with Crippen LogP contribution in [0.25, 0.3) is 11.0 Å². The maximum atomic E-state index is 9.27. The summed E-state index contributed by atoms with van der Waals surface area (Å²) in [7, 11) is 0. The Morgan fingerprint density at radius 1 is 1.38 bits per heavy atom. The lowest BCUT2D eigenvalue weighted by Crippen LogP contribution is -2.23. The lowest BCUT2D eigenvalue weighted by Gasteiger charge is -2.22. The van der Waals surface area contributed by atoms with E-state index in [1.54, 1.807) is 6.07 Å². The van der Waals surface area contributed by atoms with Crippen LogP contribution in [0, 0.1) is 17.2 Å². The van der Waals surface area contributed by atoms with Crippen molar-refractivity contribution in [1.29, 1.82) is 5.26 Å². The summed E-state index contributed by atoms with van der Waals surface area (Å²) >= 11 is 6.11. The first-order chi connectivity index (χ1) is 10.3. The molecule has 1 aromatic heterocycles. The number of nitriles is 1. The molecule has 1 aromatic carbocycles. The van der Waals surface area contributed by atoms with Gasteiger partial charge in [-0.25, -0.2) is 4.98 Å². The molecule has 2 atom stereocenters. The van der Waals surface area contributed by atoms with E-state index in [0.717, 1.165) is 29.9 Å². The molecule has 4 rings (SSSR count). The number of fused-ring (bicyclic) bond motifs is 1. The number of benzene rings is 1. The minimum atomic E-state index is 0.273. The summed E-state index contributed by atoms with van der Waals surface area (Å²) in [5.41, 5.74) is 2.38. The van der Waals surface area contributed by atoms with E-state index >= 15 is 0 Å². The molecule has 21 heavy (non-hydrogen) atoms. The first-order valence-corrected chi connectivity index (χ1v) is 7.94. The van der Waals surface area contributed by atoms with Crippen LogP contribution in [0.15, 0.2) is 18.2 Å². The topological polar surface area (TPSA) is 50.8 Å². The first-order valence-electron chi connectivity index (χ1n) is 7.41. The van der Waals surface area contributed by atoms with Crippen LogP contribution in [0.3, 0.4) is 0 Å². The number of para-hydroxylation sites is 1. The molecular formula is C16H16ClN3O. The summed E-state index contributed by atoms with van der Waals surface area (Å²) in [4.78, 5) is 4.61. The third-order valence-electron chi connectivity index (χ3n) is 4.55. The number of nitrogens with zero attached hydrogens (tertiary/aromatic N) is 3. The van der Waals surface area contributed by atoms with Crippen molar-refractivity contribution in [2.24, 2.45) is 5.92 Å². The molecule has 1 saturated heterocycles. The van der Waals surface area contributed by atoms with E-state index in [9.17, 15) is 5.26 Å². The molecule has 4 nitrogen and oxygen atoms in total. The number of alkyl halides is 1. The van der Waals surface area contributed by atoms with Crippen LogP contribution in [-0.2, 0) is 10.6 Å². The fraction of sp³-hybridized carbons (Fsp3) is 0.500. The zero-order valence-electron chi connectivity index (χ0n) is 11.6. The second kappa shape index (κ2) is 5.01. The minimum absolute atomic E-state index is 0.273. The van der Waals surface area contributed by atoms with Crippen LogP contribution in [0.5, 0.6) is 0 Å². The minimum Gasteiger partial charge on any atom is -0.376 e. The normalized spacial score (nSPS) is 25.3. The van der Waals surface area contributed by atoms with Gasteiger partial charge in [-0.05, 0) is 37.3 Å². The Bertz CT molecular complexity index is 729. The Morgan fingerprint density at radius 3 is 2.95 bits per heavy atom. The predicted molar refractivity (Wildman–Crippen MR) is 80.1 cm³/mol. The zero-order chi connectivity index (χ0) is 14.4. The van der Waals surface area contributed by atoms with Crippen molar-refractivity contribution in [2.45, 2.75) is 37.3 Å². The van der Waals surface area contributed by atoms with E-state index in [1.807, 2.05) is 12.1 Å². The van der Waals surface area contributed by atoms with E-state index in [4.69, 9.17) is 16.3 Å². The number of aromatic nitrogens is 2. The number of ether oxygens (including phenoxy) is 1. The molecule has 0 N–H and O–H groups in total. The van der Waals surface area contributed by atoms with E-state index in [2.05, 4.69) is 15.6 Å². The van der Waals surface area contributed by atoms with Crippen molar-refractivity contribution in [3.05, 3.63) is 29.6 Å². The second-order valence-electron chi connectivity index (χ2n) is 5.85. The van der Waals surface area contributed by atoms with Gasteiger partial charge in [-0.15, -0.1) is 11.6 Å². The number of imidazole rings is 1. The zero-order valence-corrected chi connectivity index (χ0v) is 12.4. The largest absolute Gasteiger partial charge is 0.376 e. The van der Waals surface area contributed by atoms with Gasteiger partial charge in [0.2, 0.25) is 0 Å².